The Labute approximate surface area is 121 Å². The zero-order chi connectivity index (χ0) is 15.0. The minimum absolute atomic E-state index is 0.102. The highest BCUT2D eigenvalue weighted by atomic mass is 19.1. The maximum Gasteiger partial charge on any atom is 0.105 e. The molecular formula is C16H27FN2O. The molecule has 3 nitrogen and oxygen atoms in total. The van der Waals surface area contributed by atoms with E-state index < -0.39 is 12.7 Å². The number of halogens is 1. The summed E-state index contributed by atoms with van der Waals surface area (Å²) >= 11 is 0. The third-order valence-corrected chi connectivity index (χ3v) is 3.57. The number of methoxy groups -OCH3 is 1. The molecule has 114 valence electrons. The highest BCUT2D eigenvalue weighted by molar-refractivity contribution is 5.49. The summed E-state index contributed by atoms with van der Waals surface area (Å²) in [6, 6.07) is 5.64. The summed E-state index contributed by atoms with van der Waals surface area (Å²) in [6.07, 6.45) is 2.32. The first kappa shape index (κ1) is 16.9. The van der Waals surface area contributed by atoms with Crippen LogP contribution >= 0.6 is 0 Å². The van der Waals surface area contributed by atoms with E-state index in [4.69, 9.17) is 10.5 Å². The van der Waals surface area contributed by atoms with E-state index in [1.54, 1.807) is 7.11 Å². The Bertz CT molecular complexity index is 398. The molecule has 1 aromatic carbocycles. The monoisotopic (exact) mass is 282 g/mol. The topological polar surface area (TPSA) is 47.3 Å². The number of nitrogens with two attached hydrogens (primary N) is 1. The lowest BCUT2D eigenvalue weighted by atomic mass is 9.89. The maximum atomic E-state index is 12.9. The van der Waals surface area contributed by atoms with Crippen molar-refractivity contribution < 1.29 is 9.13 Å². The largest absolute Gasteiger partial charge is 0.385 e. The van der Waals surface area contributed by atoms with Crippen LogP contribution in [-0.2, 0) is 4.74 Å². The molecule has 3 N–H and O–H groups in total. The number of anilines is 1. The van der Waals surface area contributed by atoms with Crippen molar-refractivity contribution in [1.29, 1.82) is 0 Å². The number of nitrogens with one attached hydrogen (secondary N) is 1. The molecule has 0 spiro atoms. The zero-order valence-electron chi connectivity index (χ0n) is 12.8. The summed E-state index contributed by atoms with van der Waals surface area (Å²) in [6.45, 7) is 5.08. The van der Waals surface area contributed by atoms with Crippen LogP contribution in [0.1, 0.15) is 36.8 Å². The molecule has 0 saturated heterocycles. The molecule has 0 aliphatic rings. The number of ether oxygens (including phenoxy) is 1. The summed E-state index contributed by atoms with van der Waals surface area (Å²) in [5.41, 5.74) is 9.16. The van der Waals surface area contributed by atoms with E-state index in [0.29, 0.717) is 6.61 Å². The van der Waals surface area contributed by atoms with E-state index in [-0.39, 0.29) is 5.92 Å². The Hall–Kier alpha value is -1.13. The third-order valence-electron chi connectivity index (χ3n) is 3.57. The second-order valence-corrected chi connectivity index (χ2v) is 5.23. The van der Waals surface area contributed by atoms with Gasteiger partial charge in [-0.2, -0.15) is 0 Å². The first-order valence-corrected chi connectivity index (χ1v) is 7.28. The van der Waals surface area contributed by atoms with Crippen LogP contribution in [-0.4, -0.2) is 33.0 Å². The standard InChI is InChI=1S/C16H27FN2O/c1-4-5-8-19-13-6-7-14(12(2)9-13)15(11-20-3)16(18)10-17/h6-7,9,15-16,19H,4-5,8,10-11,18H2,1-3H3. The lowest BCUT2D eigenvalue weighted by Crippen LogP contribution is -2.33. The van der Waals surface area contributed by atoms with E-state index in [9.17, 15) is 4.39 Å². The van der Waals surface area contributed by atoms with Gasteiger partial charge in [0.2, 0.25) is 0 Å². The van der Waals surface area contributed by atoms with Gasteiger partial charge in [-0.3, -0.25) is 0 Å². The van der Waals surface area contributed by atoms with Crippen molar-refractivity contribution in [3.8, 4) is 0 Å². The first-order chi connectivity index (χ1) is 9.63. The van der Waals surface area contributed by atoms with Crippen molar-refractivity contribution in [2.45, 2.75) is 38.6 Å². The lowest BCUT2D eigenvalue weighted by Gasteiger charge is -2.23. The average Bonchev–Trinajstić information content (AvgIpc) is 2.45. The Kier molecular flexibility index (Phi) is 7.55. The minimum Gasteiger partial charge on any atom is -0.385 e. The maximum absolute atomic E-state index is 12.9. The van der Waals surface area contributed by atoms with E-state index in [1.165, 1.54) is 6.42 Å². The van der Waals surface area contributed by atoms with Gasteiger partial charge in [-0.15, -0.1) is 0 Å². The SMILES string of the molecule is CCCCNc1ccc(C(COC)C(N)CF)c(C)c1. The van der Waals surface area contributed by atoms with Crippen LogP contribution in [0.2, 0.25) is 0 Å². The van der Waals surface area contributed by atoms with E-state index in [1.807, 2.05) is 19.1 Å². The normalized spacial score (nSPS) is 14.1. The Morgan fingerprint density at radius 2 is 2.15 bits per heavy atom. The predicted molar refractivity (Wildman–Crippen MR) is 83.1 cm³/mol. The number of hydrogen-bond donors (Lipinski definition) is 2. The van der Waals surface area contributed by atoms with Gasteiger partial charge in [0.15, 0.2) is 0 Å². The fourth-order valence-corrected chi connectivity index (χ4v) is 2.34. The molecule has 0 aliphatic carbocycles. The second-order valence-electron chi connectivity index (χ2n) is 5.23. The van der Waals surface area contributed by atoms with Gasteiger partial charge in [0, 0.05) is 31.3 Å². The average molecular weight is 282 g/mol. The van der Waals surface area contributed by atoms with Crippen LogP contribution in [0.15, 0.2) is 18.2 Å². The highest BCUT2D eigenvalue weighted by Gasteiger charge is 2.21. The second kappa shape index (κ2) is 8.93. The van der Waals surface area contributed by atoms with Crippen molar-refractivity contribution in [2.24, 2.45) is 5.73 Å². The Morgan fingerprint density at radius 3 is 2.70 bits per heavy atom. The number of rotatable bonds is 9. The predicted octanol–water partition coefficient (Wildman–Crippen LogP) is 3.23. The summed E-state index contributed by atoms with van der Waals surface area (Å²) in [7, 11) is 1.62. The summed E-state index contributed by atoms with van der Waals surface area (Å²) in [5.74, 6) is -0.102. The fraction of sp³-hybridized carbons (Fsp3) is 0.625. The fourth-order valence-electron chi connectivity index (χ4n) is 2.34. The van der Waals surface area contributed by atoms with E-state index in [2.05, 4.69) is 18.3 Å². The van der Waals surface area contributed by atoms with Crippen molar-refractivity contribution in [2.75, 3.05) is 32.3 Å². The van der Waals surface area contributed by atoms with Gasteiger partial charge in [0.05, 0.1) is 6.61 Å². The van der Waals surface area contributed by atoms with Gasteiger partial charge < -0.3 is 15.8 Å². The van der Waals surface area contributed by atoms with Crippen molar-refractivity contribution in [3.63, 3.8) is 0 Å². The molecule has 20 heavy (non-hydrogen) atoms. The van der Waals surface area contributed by atoms with E-state index >= 15 is 0 Å². The quantitative estimate of drug-likeness (QED) is 0.684. The molecule has 1 aromatic rings. The molecular weight excluding hydrogens is 255 g/mol. The van der Waals surface area contributed by atoms with Gasteiger partial charge in [-0.05, 0) is 36.6 Å². The molecule has 0 heterocycles. The molecule has 0 radical (unpaired) electrons. The summed E-state index contributed by atoms with van der Waals surface area (Å²) in [4.78, 5) is 0. The van der Waals surface area contributed by atoms with Gasteiger partial charge in [0.25, 0.3) is 0 Å². The molecule has 0 aromatic heterocycles. The molecule has 0 bridgehead atoms. The lowest BCUT2D eigenvalue weighted by molar-refractivity contribution is 0.163. The summed E-state index contributed by atoms with van der Waals surface area (Å²) in [5, 5.41) is 3.39. The smallest absolute Gasteiger partial charge is 0.105 e. The molecule has 4 heteroatoms. The zero-order valence-corrected chi connectivity index (χ0v) is 12.8. The number of alkyl halides is 1. The van der Waals surface area contributed by atoms with Crippen LogP contribution in [0.3, 0.4) is 0 Å². The molecule has 2 unspecified atom stereocenters. The molecule has 0 saturated carbocycles. The Balaban J connectivity index is 2.83. The van der Waals surface area contributed by atoms with Gasteiger partial charge in [0.1, 0.15) is 6.67 Å². The highest BCUT2D eigenvalue weighted by Crippen LogP contribution is 2.25. The van der Waals surface area contributed by atoms with Gasteiger partial charge in [-0.25, -0.2) is 4.39 Å². The Morgan fingerprint density at radius 1 is 1.40 bits per heavy atom. The van der Waals surface area contributed by atoms with Crippen molar-refractivity contribution >= 4 is 5.69 Å². The van der Waals surface area contributed by atoms with Gasteiger partial charge >= 0.3 is 0 Å². The van der Waals surface area contributed by atoms with Crippen LogP contribution < -0.4 is 11.1 Å². The number of benzene rings is 1. The number of unbranched alkanes of at least 4 members (excludes halogenated alkanes) is 1. The molecule has 0 fully saturated rings. The first-order valence-electron chi connectivity index (χ1n) is 7.28. The molecule has 1 rings (SSSR count). The van der Waals surface area contributed by atoms with Crippen molar-refractivity contribution in [3.05, 3.63) is 29.3 Å². The van der Waals surface area contributed by atoms with Crippen LogP contribution in [0.25, 0.3) is 0 Å². The molecule has 2 atom stereocenters. The number of hydrogen-bond acceptors (Lipinski definition) is 3. The molecule has 0 aliphatic heterocycles. The van der Waals surface area contributed by atoms with Crippen LogP contribution in [0, 0.1) is 6.92 Å². The van der Waals surface area contributed by atoms with Crippen molar-refractivity contribution in [1.82, 2.24) is 0 Å². The van der Waals surface area contributed by atoms with Gasteiger partial charge in [-0.1, -0.05) is 19.4 Å². The summed E-state index contributed by atoms with van der Waals surface area (Å²) < 4.78 is 18.1. The van der Waals surface area contributed by atoms with Crippen LogP contribution in [0.5, 0.6) is 0 Å². The third kappa shape index (κ3) is 4.76. The minimum atomic E-state index is -0.538. The number of aryl methyl sites for hydroxylation is 1. The molecule has 0 amide bonds. The van der Waals surface area contributed by atoms with E-state index in [0.717, 1.165) is 29.8 Å². The van der Waals surface area contributed by atoms with Crippen LogP contribution in [0.4, 0.5) is 10.1 Å².